The molecule has 0 spiro atoms. The summed E-state index contributed by atoms with van der Waals surface area (Å²) in [6.07, 6.45) is 1.49. The summed E-state index contributed by atoms with van der Waals surface area (Å²) in [4.78, 5) is 8.44. The monoisotopic (exact) mass is 265 g/mol. The minimum Gasteiger partial charge on any atom is -0.438 e. The summed E-state index contributed by atoms with van der Waals surface area (Å²) < 4.78 is 5.95. The summed E-state index contributed by atoms with van der Waals surface area (Å²) in [5.41, 5.74) is 9.44. The van der Waals surface area contributed by atoms with Gasteiger partial charge in [-0.3, -0.25) is 0 Å². The molecule has 0 atom stereocenters. The molecule has 1 heterocycles. The molecule has 20 heavy (non-hydrogen) atoms. The SMILES string of the molecule is Cc1ccc(C)c(Oc2ncnc3cc(N)ccc23)c1. The second-order valence-corrected chi connectivity index (χ2v) is 4.83. The zero-order valence-corrected chi connectivity index (χ0v) is 11.4. The van der Waals surface area contributed by atoms with E-state index in [1.165, 1.54) is 6.33 Å². The van der Waals surface area contributed by atoms with E-state index in [4.69, 9.17) is 10.5 Å². The summed E-state index contributed by atoms with van der Waals surface area (Å²) in [5, 5.41) is 0.850. The maximum Gasteiger partial charge on any atom is 0.230 e. The predicted molar refractivity (Wildman–Crippen MR) is 79.9 cm³/mol. The van der Waals surface area contributed by atoms with Crippen LogP contribution < -0.4 is 10.5 Å². The first-order valence-corrected chi connectivity index (χ1v) is 6.39. The number of nitrogen functional groups attached to an aromatic ring is 1. The van der Waals surface area contributed by atoms with Crippen molar-refractivity contribution in [2.75, 3.05) is 5.73 Å². The van der Waals surface area contributed by atoms with Crippen molar-refractivity contribution in [3.63, 3.8) is 0 Å². The van der Waals surface area contributed by atoms with Gasteiger partial charge in [-0.15, -0.1) is 0 Å². The van der Waals surface area contributed by atoms with E-state index in [0.717, 1.165) is 27.8 Å². The number of hydrogen-bond acceptors (Lipinski definition) is 4. The highest BCUT2D eigenvalue weighted by Gasteiger charge is 2.08. The van der Waals surface area contributed by atoms with Crippen LogP contribution in [0.3, 0.4) is 0 Å². The van der Waals surface area contributed by atoms with E-state index in [-0.39, 0.29) is 0 Å². The second kappa shape index (κ2) is 4.81. The van der Waals surface area contributed by atoms with E-state index in [2.05, 4.69) is 16.0 Å². The minimum atomic E-state index is 0.545. The van der Waals surface area contributed by atoms with E-state index in [1.54, 1.807) is 0 Å². The maximum atomic E-state index is 5.95. The number of fused-ring (bicyclic) bond motifs is 1. The number of nitrogens with two attached hydrogens (primary N) is 1. The van der Waals surface area contributed by atoms with Gasteiger partial charge in [0.1, 0.15) is 12.1 Å². The Labute approximate surface area is 117 Å². The van der Waals surface area contributed by atoms with Crippen LogP contribution in [0.2, 0.25) is 0 Å². The fraction of sp³-hybridized carbons (Fsp3) is 0.125. The Hall–Kier alpha value is -2.62. The molecule has 0 aliphatic rings. The Morgan fingerprint density at radius 2 is 1.85 bits per heavy atom. The molecule has 0 bridgehead atoms. The first kappa shape index (κ1) is 12.4. The van der Waals surface area contributed by atoms with Crippen LogP contribution >= 0.6 is 0 Å². The van der Waals surface area contributed by atoms with Gasteiger partial charge in [0.05, 0.1) is 10.9 Å². The lowest BCUT2D eigenvalue weighted by atomic mass is 10.1. The van der Waals surface area contributed by atoms with Gasteiger partial charge in [-0.05, 0) is 49.2 Å². The van der Waals surface area contributed by atoms with Crippen LogP contribution in [0.4, 0.5) is 5.69 Å². The van der Waals surface area contributed by atoms with Crippen molar-refractivity contribution in [2.24, 2.45) is 0 Å². The van der Waals surface area contributed by atoms with E-state index >= 15 is 0 Å². The summed E-state index contributed by atoms with van der Waals surface area (Å²) in [6.45, 7) is 4.04. The smallest absolute Gasteiger partial charge is 0.230 e. The van der Waals surface area contributed by atoms with Crippen molar-refractivity contribution in [1.82, 2.24) is 9.97 Å². The molecular weight excluding hydrogens is 250 g/mol. The van der Waals surface area contributed by atoms with Crippen LogP contribution in [-0.2, 0) is 0 Å². The highest BCUT2D eigenvalue weighted by molar-refractivity contribution is 5.86. The molecule has 0 amide bonds. The van der Waals surface area contributed by atoms with Crippen LogP contribution in [0.5, 0.6) is 11.6 Å². The van der Waals surface area contributed by atoms with Gasteiger partial charge in [0.2, 0.25) is 5.88 Å². The lowest BCUT2D eigenvalue weighted by molar-refractivity contribution is 0.464. The lowest BCUT2D eigenvalue weighted by Gasteiger charge is -2.10. The fourth-order valence-electron chi connectivity index (χ4n) is 2.05. The van der Waals surface area contributed by atoms with Crippen LogP contribution in [0.15, 0.2) is 42.7 Å². The van der Waals surface area contributed by atoms with E-state index in [1.807, 2.05) is 44.2 Å². The molecule has 0 fully saturated rings. The van der Waals surface area contributed by atoms with Crippen molar-refractivity contribution in [1.29, 1.82) is 0 Å². The summed E-state index contributed by atoms with van der Waals surface area (Å²) in [5.74, 6) is 1.35. The molecule has 0 aliphatic carbocycles. The third kappa shape index (κ3) is 2.28. The standard InChI is InChI=1S/C16H15N3O/c1-10-3-4-11(2)15(7-10)20-16-13-6-5-12(17)8-14(13)18-9-19-16/h3-9H,17H2,1-2H3. The largest absolute Gasteiger partial charge is 0.438 e. The van der Waals surface area contributed by atoms with Crippen molar-refractivity contribution in [2.45, 2.75) is 13.8 Å². The molecule has 3 rings (SSSR count). The average Bonchev–Trinajstić information content (AvgIpc) is 2.43. The van der Waals surface area contributed by atoms with Crippen LogP contribution in [0.1, 0.15) is 11.1 Å². The molecule has 4 nitrogen and oxygen atoms in total. The summed E-state index contributed by atoms with van der Waals surface area (Å²) >= 11 is 0. The van der Waals surface area contributed by atoms with E-state index in [0.29, 0.717) is 11.6 Å². The molecule has 3 aromatic rings. The van der Waals surface area contributed by atoms with Gasteiger partial charge in [-0.2, -0.15) is 0 Å². The Morgan fingerprint density at radius 1 is 1.00 bits per heavy atom. The Morgan fingerprint density at radius 3 is 2.70 bits per heavy atom. The van der Waals surface area contributed by atoms with Gasteiger partial charge in [0, 0.05) is 5.69 Å². The second-order valence-electron chi connectivity index (χ2n) is 4.83. The van der Waals surface area contributed by atoms with Gasteiger partial charge >= 0.3 is 0 Å². The van der Waals surface area contributed by atoms with Crippen molar-refractivity contribution in [3.8, 4) is 11.6 Å². The van der Waals surface area contributed by atoms with Crippen LogP contribution in [0.25, 0.3) is 10.9 Å². The first-order valence-electron chi connectivity index (χ1n) is 6.39. The normalized spacial score (nSPS) is 10.7. The number of nitrogens with zero attached hydrogens (tertiary/aromatic N) is 2. The maximum absolute atomic E-state index is 5.95. The predicted octanol–water partition coefficient (Wildman–Crippen LogP) is 3.62. The Kier molecular flexibility index (Phi) is 2.99. The molecule has 0 saturated heterocycles. The Bertz CT molecular complexity index is 784. The number of aromatic nitrogens is 2. The molecule has 2 aromatic carbocycles. The summed E-state index contributed by atoms with van der Waals surface area (Å²) in [7, 11) is 0. The summed E-state index contributed by atoms with van der Waals surface area (Å²) in [6, 6.07) is 11.6. The molecule has 4 heteroatoms. The van der Waals surface area contributed by atoms with Crippen molar-refractivity contribution >= 4 is 16.6 Å². The zero-order valence-electron chi connectivity index (χ0n) is 11.4. The number of aryl methyl sites for hydroxylation is 2. The van der Waals surface area contributed by atoms with Crippen LogP contribution in [0, 0.1) is 13.8 Å². The van der Waals surface area contributed by atoms with Gasteiger partial charge < -0.3 is 10.5 Å². The minimum absolute atomic E-state index is 0.545. The molecule has 0 aliphatic heterocycles. The van der Waals surface area contributed by atoms with Gasteiger partial charge in [0.15, 0.2) is 0 Å². The highest BCUT2D eigenvalue weighted by Crippen LogP contribution is 2.29. The number of rotatable bonds is 2. The molecule has 2 N–H and O–H groups in total. The third-order valence-corrected chi connectivity index (χ3v) is 3.17. The van der Waals surface area contributed by atoms with Gasteiger partial charge in [-0.25, -0.2) is 9.97 Å². The molecule has 0 saturated carbocycles. The lowest BCUT2D eigenvalue weighted by Crippen LogP contribution is -1.94. The third-order valence-electron chi connectivity index (χ3n) is 3.17. The molecular formula is C16H15N3O. The van der Waals surface area contributed by atoms with Crippen LogP contribution in [-0.4, -0.2) is 9.97 Å². The fourth-order valence-corrected chi connectivity index (χ4v) is 2.05. The number of hydrogen-bond donors (Lipinski definition) is 1. The van der Waals surface area contributed by atoms with E-state index in [9.17, 15) is 0 Å². The molecule has 0 radical (unpaired) electrons. The zero-order chi connectivity index (χ0) is 14.1. The number of anilines is 1. The van der Waals surface area contributed by atoms with Crippen molar-refractivity contribution in [3.05, 3.63) is 53.9 Å². The van der Waals surface area contributed by atoms with Gasteiger partial charge in [-0.1, -0.05) is 12.1 Å². The van der Waals surface area contributed by atoms with E-state index < -0.39 is 0 Å². The van der Waals surface area contributed by atoms with Crippen molar-refractivity contribution < 1.29 is 4.74 Å². The Balaban J connectivity index is 2.09. The number of ether oxygens (including phenoxy) is 1. The first-order chi connectivity index (χ1) is 9.63. The molecule has 0 unspecified atom stereocenters. The average molecular weight is 265 g/mol. The number of benzene rings is 2. The molecule has 100 valence electrons. The molecule has 1 aromatic heterocycles. The highest BCUT2D eigenvalue weighted by atomic mass is 16.5. The quantitative estimate of drug-likeness (QED) is 0.719. The topological polar surface area (TPSA) is 61.0 Å². The van der Waals surface area contributed by atoms with Gasteiger partial charge in [0.25, 0.3) is 0 Å².